The zero-order valence-corrected chi connectivity index (χ0v) is 17.1. The zero-order chi connectivity index (χ0) is 21.5. The Balaban J connectivity index is 1.07. The number of aromatic nitrogens is 7. The molecule has 0 spiro atoms. The minimum Gasteiger partial charge on any atom is -0.356 e. The van der Waals surface area contributed by atoms with Gasteiger partial charge in [-0.3, -0.25) is 0 Å². The van der Waals surface area contributed by atoms with Crippen LogP contribution in [0.1, 0.15) is 22.7 Å². The van der Waals surface area contributed by atoms with Crippen molar-refractivity contribution in [1.29, 1.82) is 5.26 Å². The summed E-state index contributed by atoms with van der Waals surface area (Å²) in [7, 11) is 0. The van der Waals surface area contributed by atoms with Gasteiger partial charge in [0.1, 0.15) is 11.6 Å². The standard InChI is InChI=1S/C22H20N10/c23-5-13-2-1-3-14(4-13)6-25-22-26-7-15(8-27-22)21-24-10-19(29-21)32-11-16-17(12-32)20(16)18-9-28-31-30-18/h1-4,7-10,16-17,20H,6,11-12H2,(H,24,29)(H,25,26,27)(H,28,30,31). The Morgan fingerprint density at radius 2 is 1.94 bits per heavy atom. The normalized spacial score (nSPS) is 21.2. The van der Waals surface area contributed by atoms with Crippen LogP contribution in [0.3, 0.4) is 0 Å². The molecule has 1 aromatic carbocycles. The van der Waals surface area contributed by atoms with Crippen molar-refractivity contribution in [1.82, 2.24) is 35.3 Å². The first-order valence-electron chi connectivity index (χ1n) is 10.5. The van der Waals surface area contributed by atoms with E-state index < -0.39 is 0 Å². The smallest absolute Gasteiger partial charge is 0.222 e. The van der Waals surface area contributed by atoms with Gasteiger partial charge in [-0.15, -0.1) is 0 Å². The first-order valence-corrected chi connectivity index (χ1v) is 10.5. The Kier molecular flexibility index (Phi) is 4.31. The van der Waals surface area contributed by atoms with Gasteiger partial charge in [0.15, 0.2) is 0 Å². The fraction of sp³-hybridized carbons (Fsp3) is 0.273. The van der Waals surface area contributed by atoms with E-state index in [1.54, 1.807) is 18.5 Å². The molecule has 158 valence electrons. The van der Waals surface area contributed by atoms with E-state index in [0.29, 0.717) is 35.8 Å². The third-order valence-corrected chi connectivity index (χ3v) is 6.30. The molecule has 2 unspecified atom stereocenters. The van der Waals surface area contributed by atoms with Gasteiger partial charge in [0.05, 0.1) is 35.3 Å². The number of aromatic amines is 2. The first-order chi connectivity index (χ1) is 15.8. The van der Waals surface area contributed by atoms with Crippen LogP contribution in [0.2, 0.25) is 0 Å². The number of nitrogens with one attached hydrogen (secondary N) is 3. The van der Waals surface area contributed by atoms with Gasteiger partial charge in [-0.2, -0.15) is 20.7 Å². The van der Waals surface area contributed by atoms with Gasteiger partial charge in [0, 0.05) is 37.9 Å². The third kappa shape index (κ3) is 3.33. The molecule has 2 atom stereocenters. The van der Waals surface area contributed by atoms with E-state index in [0.717, 1.165) is 41.6 Å². The van der Waals surface area contributed by atoms with Gasteiger partial charge in [-0.25, -0.2) is 15.0 Å². The lowest BCUT2D eigenvalue weighted by Gasteiger charge is -2.19. The van der Waals surface area contributed by atoms with Crippen molar-refractivity contribution in [2.75, 3.05) is 23.3 Å². The number of H-pyrrole nitrogens is 2. The Morgan fingerprint density at radius 1 is 1.09 bits per heavy atom. The molecule has 0 amide bonds. The van der Waals surface area contributed by atoms with Gasteiger partial charge in [-0.05, 0) is 29.5 Å². The highest BCUT2D eigenvalue weighted by atomic mass is 15.3. The predicted molar refractivity (Wildman–Crippen MR) is 116 cm³/mol. The molecule has 4 aromatic rings. The molecule has 3 N–H and O–H groups in total. The molecule has 1 aliphatic carbocycles. The largest absolute Gasteiger partial charge is 0.356 e. The summed E-state index contributed by atoms with van der Waals surface area (Å²) in [5.74, 6) is 4.10. The fourth-order valence-electron chi connectivity index (χ4n) is 4.63. The van der Waals surface area contributed by atoms with E-state index in [-0.39, 0.29) is 0 Å². The second kappa shape index (κ2) is 7.46. The Bertz CT molecular complexity index is 1260. The SMILES string of the molecule is N#Cc1cccc(CNc2ncc(-c3ncc(N4CC5C(C4)C5c4cn[nH]n4)[nH]3)cn2)c1. The van der Waals surface area contributed by atoms with E-state index in [9.17, 15) is 0 Å². The van der Waals surface area contributed by atoms with Crippen molar-refractivity contribution < 1.29 is 0 Å². The number of hydrogen-bond donors (Lipinski definition) is 3. The molecular formula is C22H20N10. The first kappa shape index (κ1) is 18.5. The predicted octanol–water partition coefficient (Wildman–Crippen LogP) is 2.32. The minimum atomic E-state index is 0.529. The molecule has 1 saturated heterocycles. The molecule has 10 nitrogen and oxygen atoms in total. The Morgan fingerprint density at radius 3 is 2.69 bits per heavy atom. The highest BCUT2D eigenvalue weighted by molar-refractivity contribution is 5.57. The lowest BCUT2D eigenvalue weighted by atomic mass is 10.1. The van der Waals surface area contributed by atoms with Gasteiger partial charge < -0.3 is 15.2 Å². The summed E-state index contributed by atoms with van der Waals surface area (Å²) >= 11 is 0. The summed E-state index contributed by atoms with van der Waals surface area (Å²) in [5, 5.41) is 23.1. The lowest BCUT2D eigenvalue weighted by molar-refractivity contribution is 0.729. The number of benzene rings is 1. The van der Waals surface area contributed by atoms with Gasteiger partial charge >= 0.3 is 0 Å². The molecule has 6 rings (SSSR count). The van der Waals surface area contributed by atoms with Crippen molar-refractivity contribution in [3.63, 3.8) is 0 Å². The van der Waals surface area contributed by atoms with E-state index in [1.807, 2.05) is 30.6 Å². The van der Waals surface area contributed by atoms with E-state index in [1.165, 1.54) is 0 Å². The van der Waals surface area contributed by atoms with Crippen LogP contribution in [0.5, 0.6) is 0 Å². The van der Waals surface area contributed by atoms with Crippen LogP contribution in [0.15, 0.2) is 49.1 Å². The van der Waals surface area contributed by atoms with Gasteiger partial charge in [0.25, 0.3) is 0 Å². The van der Waals surface area contributed by atoms with Crippen LogP contribution >= 0.6 is 0 Å². The van der Waals surface area contributed by atoms with Crippen LogP contribution in [-0.2, 0) is 6.54 Å². The topological polar surface area (TPSA) is 135 Å². The van der Waals surface area contributed by atoms with Crippen molar-refractivity contribution in [2.24, 2.45) is 11.8 Å². The molecule has 0 bridgehead atoms. The van der Waals surface area contributed by atoms with Gasteiger partial charge in [0.2, 0.25) is 5.95 Å². The molecule has 10 heteroatoms. The molecule has 2 aliphatic rings. The quantitative estimate of drug-likeness (QED) is 0.429. The number of imidazole rings is 1. The van der Waals surface area contributed by atoms with Gasteiger partial charge in [-0.1, -0.05) is 12.1 Å². The number of fused-ring (bicyclic) bond motifs is 1. The second-order valence-electron chi connectivity index (χ2n) is 8.23. The third-order valence-electron chi connectivity index (χ3n) is 6.30. The summed E-state index contributed by atoms with van der Waals surface area (Å²) in [5.41, 5.74) is 3.55. The van der Waals surface area contributed by atoms with E-state index in [4.69, 9.17) is 5.26 Å². The molecule has 32 heavy (non-hydrogen) atoms. The minimum absolute atomic E-state index is 0.529. The summed E-state index contributed by atoms with van der Waals surface area (Å²) in [6.07, 6.45) is 7.22. The summed E-state index contributed by atoms with van der Waals surface area (Å²) in [6.45, 7) is 2.54. The van der Waals surface area contributed by atoms with E-state index >= 15 is 0 Å². The molecule has 1 saturated carbocycles. The number of nitrogens with zero attached hydrogens (tertiary/aromatic N) is 7. The average Bonchev–Trinajstić information content (AvgIpc) is 3.38. The Hall–Kier alpha value is -4.26. The number of hydrogen-bond acceptors (Lipinski definition) is 8. The maximum Gasteiger partial charge on any atom is 0.222 e. The number of piperidine rings is 1. The van der Waals surface area contributed by atoms with Crippen LogP contribution in [0, 0.1) is 23.2 Å². The molecular weight excluding hydrogens is 404 g/mol. The van der Waals surface area contributed by atoms with Crippen molar-refractivity contribution in [3.8, 4) is 17.5 Å². The second-order valence-corrected chi connectivity index (χ2v) is 8.23. The van der Waals surface area contributed by atoms with Crippen LogP contribution < -0.4 is 10.2 Å². The molecule has 2 fully saturated rings. The van der Waals surface area contributed by atoms with Crippen molar-refractivity contribution in [3.05, 3.63) is 65.9 Å². The highest BCUT2D eigenvalue weighted by Crippen LogP contribution is 2.57. The highest BCUT2D eigenvalue weighted by Gasteiger charge is 2.57. The molecule has 4 heterocycles. The maximum atomic E-state index is 9.01. The number of anilines is 2. The van der Waals surface area contributed by atoms with Crippen molar-refractivity contribution >= 4 is 11.8 Å². The maximum absolute atomic E-state index is 9.01. The van der Waals surface area contributed by atoms with E-state index in [2.05, 4.69) is 51.6 Å². The summed E-state index contributed by atoms with van der Waals surface area (Å²) in [6, 6.07) is 9.61. The Labute approximate surface area is 183 Å². The summed E-state index contributed by atoms with van der Waals surface area (Å²) < 4.78 is 0. The van der Waals surface area contributed by atoms with Crippen LogP contribution in [0.4, 0.5) is 11.8 Å². The number of nitriles is 1. The average molecular weight is 424 g/mol. The van der Waals surface area contributed by atoms with Crippen LogP contribution in [-0.4, -0.2) is 48.4 Å². The fourth-order valence-corrected chi connectivity index (χ4v) is 4.63. The number of rotatable bonds is 6. The van der Waals surface area contributed by atoms with Crippen LogP contribution in [0.25, 0.3) is 11.4 Å². The lowest BCUT2D eigenvalue weighted by Crippen LogP contribution is -2.23. The molecule has 0 radical (unpaired) electrons. The monoisotopic (exact) mass is 424 g/mol. The zero-order valence-electron chi connectivity index (χ0n) is 17.1. The molecule has 1 aliphatic heterocycles. The molecule has 3 aromatic heterocycles. The van der Waals surface area contributed by atoms with Crippen molar-refractivity contribution in [2.45, 2.75) is 12.5 Å². The summed E-state index contributed by atoms with van der Waals surface area (Å²) in [4.78, 5) is 19.1.